The fourth-order valence-corrected chi connectivity index (χ4v) is 2.54. The smallest absolute Gasteiger partial charge is 0.434 e. The minimum absolute atomic E-state index is 0.304. The number of alkyl halides is 3. The van der Waals surface area contributed by atoms with Crippen molar-refractivity contribution in [2.45, 2.75) is 25.7 Å². The van der Waals surface area contributed by atoms with E-state index in [9.17, 15) is 13.2 Å². The van der Waals surface area contributed by atoms with Crippen molar-refractivity contribution in [2.75, 3.05) is 13.7 Å². The largest absolute Gasteiger partial charge is 0.493 e. The number of aryl methyl sites for hydroxylation is 1. The zero-order valence-corrected chi connectivity index (χ0v) is 12.1. The van der Waals surface area contributed by atoms with Gasteiger partial charge in [-0.15, -0.1) is 0 Å². The molecule has 0 bridgehead atoms. The van der Waals surface area contributed by atoms with Gasteiger partial charge in [0.2, 0.25) is 0 Å². The molecule has 3 rings (SSSR count). The van der Waals surface area contributed by atoms with Crippen molar-refractivity contribution in [1.29, 1.82) is 0 Å². The van der Waals surface area contributed by atoms with E-state index in [4.69, 9.17) is 4.74 Å². The molecule has 0 saturated carbocycles. The highest BCUT2D eigenvalue weighted by molar-refractivity contribution is 5.66. The van der Waals surface area contributed by atoms with Gasteiger partial charge in [-0.3, -0.25) is 0 Å². The molecule has 1 aliphatic heterocycles. The van der Waals surface area contributed by atoms with Crippen molar-refractivity contribution in [3.63, 3.8) is 0 Å². The number of benzene rings is 1. The zero-order chi connectivity index (χ0) is 15.7. The molecule has 22 heavy (non-hydrogen) atoms. The Balaban J connectivity index is 2.10. The summed E-state index contributed by atoms with van der Waals surface area (Å²) in [4.78, 5) is 3.78. The van der Waals surface area contributed by atoms with Crippen LogP contribution in [0.2, 0.25) is 0 Å². The maximum Gasteiger partial charge on any atom is 0.434 e. The molecule has 0 amide bonds. The van der Waals surface area contributed by atoms with E-state index in [0.717, 1.165) is 11.8 Å². The summed E-state index contributed by atoms with van der Waals surface area (Å²) in [6, 6.07) is 5.49. The van der Waals surface area contributed by atoms with E-state index in [1.807, 2.05) is 19.2 Å². The van der Waals surface area contributed by atoms with Gasteiger partial charge in [0.05, 0.1) is 12.2 Å². The third kappa shape index (κ3) is 2.81. The molecule has 2 aromatic rings. The SMILES string of the molecule is CNCc1ccc2c(c1)OCCCn1cc(C(F)(F)F)nc1-2. The lowest BCUT2D eigenvalue weighted by Gasteiger charge is -2.17. The standard InChI is InChI=1S/C15H16F3N3O/c1-19-8-10-3-4-11-12(7-10)22-6-2-5-21-9-13(15(16,17)18)20-14(11)21/h3-4,7,9,19H,2,5-6,8H2,1H3. The first-order valence-corrected chi connectivity index (χ1v) is 7.04. The molecule has 0 radical (unpaired) electrons. The van der Waals surface area contributed by atoms with E-state index in [-0.39, 0.29) is 0 Å². The Labute approximate surface area is 125 Å². The van der Waals surface area contributed by atoms with Crippen molar-refractivity contribution >= 4 is 0 Å². The number of nitrogens with one attached hydrogen (secondary N) is 1. The Morgan fingerprint density at radius 2 is 2.18 bits per heavy atom. The first-order valence-electron chi connectivity index (χ1n) is 7.04. The van der Waals surface area contributed by atoms with Gasteiger partial charge in [0.25, 0.3) is 0 Å². The second-order valence-electron chi connectivity index (χ2n) is 5.20. The Bertz CT molecular complexity index is 679. The van der Waals surface area contributed by atoms with Crippen LogP contribution in [-0.2, 0) is 19.3 Å². The van der Waals surface area contributed by atoms with Gasteiger partial charge in [0.15, 0.2) is 5.69 Å². The molecule has 0 spiro atoms. The number of halogens is 3. The zero-order valence-electron chi connectivity index (χ0n) is 12.1. The molecule has 7 heteroatoms. The van der Waals surface area contributed by atoms with E-state index in [2.05, 4.69) is 10.3 Å². The quantitative estimate of drug-likeness (QED) is 0.926. The fraction of sp³-hybridized carbons (Fsp3) is 0.400. The lowest BCUT2D eigenvalue weighted by Crippen LogP contribution is -2.11. The van der Waals surface area contributed by atoms with E-state index in [0.29, 0.717) is 43.3 Å². The molecule has 2 heterocycles. The molecular weight excluding hydrogens is 295 g/mol. The summed E-state index contributed by atoms with van der Waals surface area (Å²) >= 11 is 0. The summed E-state index contributed by atoms with van der Waals surface area (Å²) in [6.45, 7) is 1.59. The summed E-state index contributed by atoms with van der Waals surface area (Å²) in [6.07, 6.45) is -2.73. The van der Waals surface area contributed by atoms with Gasteiger partial charge in [0, 0.05) is 19.3 Å². The highest BCUT2D eigenvalue weighted by Crippen LogP contribution is 2.36. The van der Waals surface area contributed by atoms with Crippen LogP contribution in [0.25, 0.3) is 11.4 Å². The molecule has 1 aliphatic rings. The van der Waals surface area contributed by atoms with Crippen molar-refractivity contribution in [1.82, 2.24) is 14.9 Å². The Morgan fingerprint density at radius 1 is 1.36 bits per heavy atom. The number of hydrogen-bond acceptors (Lipinski definition) is 3. The molecule has 1 N–H and O–H groups in total. The number of imidazole rings is 1. The van der Waals surface area contributed by atoms with E-state index >= 15 is 0 Å². The maximum atomic E-state index is 12.9. The molecule has 1 aromatic heterocycles. The van der Waals surface area contributed by atoms with Gasteiger partial charge in [-0.25, -0.2) is 4.98 Å². The minimum Gasteiger partial charge on any atom is -0.493 e. The van der Waals surface area contributed by atoms with Crippen molar-refractivity contribution < 1.29 is 17.9 Å². The highest BCUT2D eigenvalue weighted by atomic mass is 19.4. The molecule has 0 unspecified atom stereocenters. The number of fused-ring (bicyclic) bond motifs is 3. The Kier molecular flexibility index (Phi) is 3.82. The Hall–Kier alpha value is -2.02. The molecule has 1 aromatic carbocycles. The van der Waals surface area contributed by atoms with E-state index in [1.165, 1.54) is 0 Å². The van der Waals surface area contributed by atoms with Crippen LogP contribution < -0.4 is 10.1 Å². The van der Waals surface area contributed by atoms with Crippen LogP contribution in [0.5, 0.6) is 5.75 Å². The number of rotatable bonds is 2. The second-order valence-corrected chi connectivity index (χ2v) is 5.20. The maximum absolute atomic E-state index is 12.9. The van der Waals surface area contributed by atoms with E-state index < -0.39 is 11.9 Å². The van der Waals surface area contributed by atoms with E-state index in [1.54, 1.807) is 10.6 Å². The lowest BCUT2D eigenvalue weighted by molar-refractivity contribution is -0.140. The lowest BCUT2D eigenvalue weighted by atomic mass is 10.1. The van der Waals surface area contributed by atoms with Crippen molar-refractivity contribution in [3.05, 3.63) is 35.7 Å². The van der Waals surface area contributed by atoms with Crippen LogP contribution >= 0.6 is 0 Å². The molecule has 118 valence electrons. The number of nitrogens with zero attached hydrogens (tertiary/aromatic N) is 2. The third-order valence-corrected chi connectivity index (χ3v) is 3.54. The Morgan fingerprint density at radius 3 is 2.91 bits per heavy atom. The average molecular weight is 311 g/mol. The van der Waals surface area contributed by atoms with Crippen LogP contribution in [0.4, 0.5) is 13.2 Å². The molecule has 0 aliphatic carbocycles. The topological polar surface area (TPSA) is 39.1 Å². The fourth-order valence-electron chi connectivity index (χ4n) is 2.54. The van der Waals surface area contributed by atoms with Gasteiger partial charge < -0.3 is 14.6 Å². The van der Waals surface area contributed by atoms with Gasteiger partial charge in [0.1, 0.15) is 11.6 Å². The number of ether oxygens (including phenoxy) is 1. The highest BCUT2D eigenvalue weighted by Gasteiger charge is 2.35. The first-order chi connectivity index (χ1) is 10.5. The molecular formula is C15H16F3N3O. The van der Waals surface area contributed by atoms with Gasteiger partial charge in [-0.1, -0.05) is 6.07 Å². The normalized spacial score (nSPS) is 14.5. The molecule has 0 saturated heterocycles. The van der Waals surface area contributed by atoms with Crippen LogP contribution in [0.3, 0.4) is 0 Å². The number of hydrogen-bond donors (Lipinski definition) is 1. The van der Waals surface area contributed by atoms with Crippen LogP contribution in [0, 0.1) is 0 Å². The second kappa shape index (κ2) is 5.64. The molecule has 0 fully saturated rings. The monoisotopic (exact) mass is 311 g/mol. The summed E-state index contributed by atoms with van der Waals surface area (Å²) < 4.78 is 46.0. The summed E-state index contributed by atoms with van der Waals surface area (Å²) in [5, 5.41) is 3.04. The first kappa shape index (κ1) is 14.9. The van der Waals surface area contributed by atoms with Crippen molar-refractivity contribution in [3.8, 4) is 17.1 Å². The van der Waals surface area contributed by atoms with Crippen LogP contribution in [0.1, 0.15) is 17.7 Å². The summed E-state index contributed by atoms with van der Waals surface area (Å²) in [7, 11) is 1.83. The summed E-state index contributed by atoms with van der Waals surface area (Å²) in [5.74, 6) is 0.881. The van der Waals surface area contributed by atoms with Gasteiger partial charge >= 0.3 is 6.18 Å². The average Bonchev–Trinajstić information content (AvgIpc) is 2.85. The predicted molar refractivity (Wildman–Crippen MR) is 75.5 cm³/mol. The predicted octanol–water partition coefficient (Wildman–Crippen LogP) is 3.07. The third-order valence-electron chi connectivity index (χ3n) is 3.54. The van der Waals surface area contributed by atoms with Crippen LogP contribution in [-0.4, -0.2) is 23.2 Å². The van der Waals surface area contributed by atoms with Gasteiger partial charge in [-0.05, 0) is 31.2 Å². The molecule has 0 atom stereocenters. The number of aromatic nitrogens is 2. The molecule has 4 nitrogen and oxygen atoms in total. The minimum atomic E-state index is -4.44. The summed E-state index contributed by atoms with van der Waals surface area (Å²) in [5.41, 5.74) is 0.737. The van der Waals surface area contributed by atoms with Gasteiger partial charge in [-0.2, -0.15) is 13.2 Å². The van der Waals surface area contributed by atoms with Crippen molar-refractivity contribution in [2.24, 2.45) is 0 Å². The van der Waals surface area contributed by atoms with Crippen LogP contribution in [0.15, 0.2) is 24.4 Å².